The molecule has 3 aromatic heterocycles. The number of benzene rings is 1. The van der Waals surface area contributed by atoms with Gasteiger partial charge < -0.3 is 14.6 Å². The molecule has 5 rings (SSSR count). The highest BCUT2D eigenvalue weighted by molar-refractivity contribution is 6.04. The molecule has 0 saturated carbocycles. The molecule has 1 fully saturated rings. The van der Waals surface area contributed by atoms with Crippen molar-refractivity contribution in [1.82, 2.24) is 24.4 Å². The molecule has 1 aliphatic heterocycles. The molecule has 32 heavy (non-hydrogen) atoms. The van der Waals surface area contributed by atoms with Gasteiger partial charge in [-0.3, -0.25) is 14.1 Å². The maximum atomic E-state index is 12.9. The van der Waals surface area contributed by atoms with Gasteiger partial charge in [0.2, 0.25) is 11.7 Å². The first-order valence-corrected chi connectivity index (χ1v) is 10.1. The van der Waals surface area contributed by atoms with Crippen molar-refractivity contribution in [3.8, 4) is 11.4 Å². The number of aryl methyl sites for hydroxylation is 1. The maximum Gasteiger partial charge on any atom is 0.410 e. The van der Waals surface area contributed by atoms with E-state index in [4.69, 9.17) is 9.26 Å². The van der Waals surface area contributed by atoms with Crippen molar-refractivity contribution in [1.29, 1.82) is 0 Å². The van der Waals surface area contributed by atoms with Gasteiger partial charge in [-0.2, -0.15) is 4.98 Å². The van der Waals surface area contributed by atoms with Crippen LogP contribution in [-0.2, 0) is 4.74 Å². The summed E-state index contributed by atoms with van der Waals surface area (Å²) in [5.74, 6) is 0.455. The Bertz CT molecular complexity index is 1330. The highest BCUT2D eigenvalue weighted by Gasteiger charge is 2.38. The average molecular weight is 432 g/mol. The molecule has 1 saturated heterocycles. The second-order valence-electron chi connectivity index (χ2n) is 7.48. The lowest BCUT2D eigenvalue weighted by Crippen LogP contribution is -2.45. The fourth-order valence-electron chi connectivity index (χ4n) is 3.65. The number of carbonyl (C=O) groups excluding carboxylic acids is 2. The zero-order valence-corrected chi connectivity index (χ0v) is 17.5. The molecule has 1 N–H and O–H groups in total. The summed E-state index contributed by atoms with van der Waals surface area (Å²) < 4.78 is 11.9. The van der Waals surface area contributed by atoms with E-state index in [9.17, 15) is 9.59 Å². The molecule has 162 valence electrons. The molecule has 0 radical (unpaired) electrons. The number of nitrogens with zero attached hydrogens (tertiary/aromatic N) is 5. The Kier molecular flexibility index (Phi) is 4.81. The molecule has 2 amide bonds. The normalized spacial score (nSPS) is 15.4. The Morgan fingerprint density at radius 1 is 1.25 bits per heavy atom. The highest BCUT2D eigenvalue weighted by Crippen LogP contribution is 2.34. The quantitative estimate of drug-likeness (QED) is 0.525. The minimum atomic E-state index is -0.422. The molecule has 4 heterocycles. The van der Waals surface area contributed by atoms with Crippen molar-refractivity contribution in [2.45, 2.75) is 19.4 Å². The van der Waals surface area contributed by atoms with Gasteiger partial charge in [0.25, 0.3) is 5.91 Å². The number of likely N-dealkylation sites (tertiary alicyclic amines) is 1. The Morgan fingerprint density at radius 3 is 2.91 bits per heavy atom. The molecule has 0 spiro atoms. The summed E-state index contributed by atoms with van der Waals surface area (Å²) >= 11 is 0. The number of hydrogen-bond acceptors (Lipinski definition) is 7. The summed E-state index contributed by atoms with van der Waals surface area (Å²) in [6, 6.07) is 10.8. The maximum absolute atomic E-state index is 12.9. The van der Waals surface area contributed by atoms with Crippen molar-refractivity contribution in [3.63, 3.8) is 0 Å². The number of amides is 2. The number of hydrogen-bond donors (Lipinski definition) is 1. The number of fused-ring (bicyclic) bond motifs is 1. The van der Waals surface area contributed by atoms with Crippen LogP contribution in [0, 0.1) is 6.92 Å². The molecule has 1 aliphatic rings. The van der Waals surface area contributed by atoms with Gasteiger partial charge in [0.1, 0.15) is 17.4 Å². The van der Waals surface area contributed by atoms with Crippen LogP contribution in [0.2, 0.25) is 0 Å². The van der Waals surface area contributed by atoms with Crippen LogP contribution >= 0.6 is 0 Å². The minimum Gasteiger partial charge on any atom is -0.453 e. The molecular formula is C22H20N6O4. The van der Waals surface area contributed by atoms with E-state index in [0.717, 1.165) is 12.0 Å². The number of pyridine rings is 1. The monoisotopic (exact) mass is 432 g/mol. The molecule has 0 bridgehead atoms. The van der Waals surface area contributed by atoms with Crippen LogP contribution in [0.15, 0.2) is 53.3 Å². The Hall–Kier alpha value is -4.21. The first-order valence-electron chi connectivity index (χ1n) is 10.1. The molecule has 0 unspecified atom stereocenters. The van der Waals surface area contributed by atoms with Gasteiger partial charge in [0, 0.05) is 24.0 Å². The smallest absolute Gasteiger partial charge is 0.410 e. The Labute approximate surface area is 182 Å². The van der Waals surface area contributed by atoms with Crippen LogP contribution in [0.1, 0.15) is 34.4 Å². The van der Waals surface area contributed by atoms with Crippen LogP contribution in [0.25, 0.3) is 17.0 Å². The summed E-state index contributed by atoms with van der Waals surface area (Å²) in [7, 11) is 1.34. The third kappa shape index (κ3) is 3.35. The molecular weight excluding hydrogens is 412 g/mol. The highest BCUT2D eigenvalue weighted by atomic mass is 16.5. The predicted molar refractivity (Wildman–Crippen MR) is 114 cm³/mol. The van der Waals surface area contributed by atoms with Crippen LogP contribution in [0.5, 0.6) is 0 Å². The average Bonchev–Trinajstić information content (AvgIpc) is 3.42. The number of rotatable bonds is 4. The standard InChI is InChI=1S/C22H20N6O4/c1-13-6-7-14(19-25-21(32-26-19)16-8-10-28(16)22(30)31-2)11-15(13)24-20(29)17-12-23-18-5-3-4-9-27(17)18/h3-7,9,11-12,16H,8,10H2,1-2H3,(H,24,29)/t16-/m0/s1. The van der Waals surface area contributed by atoms with Crippen LogP contribution in [0.3, 0.4) is 0 Å². The lowest BCUT2D eigenvalue weighted by Gasteiger charge is -2.36. The molecule has 10 heteroatoms. The van der Waals surface area contributed by atoms with E-state index in [2.05, 4.69) is 20.4 Å². The second-order valence-corrected chi connectivity index (χ2v) is 7.48. The van der Waals surface area contributed by atoms with Crippen molar-refractivity contribution >= 4 is 23.3 Å². The number of aromatic nitrogens is 4. The Morgan fingerprint density at radius 2 is 2.12 bits per heavy atom. The Balaban J connectivity index is 1.38. The van der Waals surface area contributed by atoms with E-state index in [0.29, 0.717) is 40.9 Å². The zero-order valence-electron chi connectivity index (χ0n) is 17.5. The van der Waals surface area contributed by atoms with Gasteiger partial charge in [0.15, 0.2) is 0 Å². The number of anilines is 1. The van der Waals surface area contributed by atoms with E-state index in [1.165, 1.54) is 12.0 Å². The van der Waals surface area contributed by atoms with Crippen LogP contribution in [0.4, 0.5) is 10.5 Å². The van der Waals surface area contributed by atoms with Gasteiger partial charge >= 0.3 is 6.09 Å². The number of imidazole rings is 1. The summed E-state index contributed by atoms with van der Waals surface area (Å²) in [5, 5.41) is 7.00. The molecule has 10 nitrogen and oxygen atoms in total. The summed E-state index contributed by atoms with van der Waals surface area (Å²) in [5.41, 5.74) is 3.32. The fraction of sp³-hybridized carbons (Fsp3) is 0.227. The van der Waals surface area contributed by atoms with Gasteiger partial charge in [-0.05, 0) is 37.1 Å². The third-order valence-corrected chi connectivity index (χ3v) is 5.55. The van der Waals surface area contributed by atoms with Gasteiger partial charge in [0.05, 0.1) is 13.3 Å². The summed E-state index contributed by atoms with van der Waals surface area (Å²) in [4.78, 5) is 34.9. The molecule has 1 aromatic carbocycles. The second kappa shape index (κ2) is 7.80. The zero-order chi connectivity index (χ0) is 22.2. The summed E-state index contributed by atoms with van der Waals surface area (Å²) in [6.07, 6.45) is 3.64. The fourth-order valence-corrected chi connectivity index (χ4v) is 3.65. The molecule has 0 aliphatic carbocycles. The van der Waals surface area contributed by atoms with Crippen LogP contribution < -0.4 is 5.32 Å². The number of carbonyl (C=O) groups is 2. The summed E-state index contributed by atoms with van der Waals surface area (Å²) in [6.45, 7) is 2.48. The van der Waals surface area contributed by atoms with Crippen molar-refractivity contribution < 1.29 is 18.8 Å². The van der Waals surface area contributed by atoms with Crippen LogP contribution in [-0.4, -0.2) is 50.1 Å². The predicted octanol–water partition coefficient (Wildman–Crippen LogP) is 3.46. The topological polar surface area (TPSA) is 115 Å². The lowest BCUT2D eigenvalue weighted by atomic mass is 10.0. The number of methoxy groups -OCH3 is 1. The van der Waals surface area contributed by atoms with Gasteiger partial charge in [-0.15, -0.1) is 0 Å². The SMILES string of the molecule is COC(=O)N1CC[C@H]1c1nc(-c2ccc(C)c(NC(=O)c3cnc4ccccn34)c2)no1. The lowest BCUT2D eigenvalue weighted by molar-refractivity contribution is 0.0471. The van der Waals surface area contributed by atoms with Crippen molar-refractivity contribution in [3.05, 3.63) is 65.9 Å². The third-order valence-electron chi connectivity index (χ3n) is 5.55. The first kappa shape index (κ1) is 19.7. The van der Waals surface area contributed by atoms with E-state index < -0.39 is 6.09 Å². The van der Waals surface area contributed by atoms with E-state index >= 15 is 0 Å². The van der Waals surface area contributed by atoms with Gasteiger partial charge in [-0.1, -0.05) is 23.4 Å². The molecule has 4 aromatic rings. The molecule has 1 atom stereocenters. The van der Waals surface area contributed by atoms with Crippen molar-refractivity contribution in [2.75, 3.05) is 19.0 Å². The largest absolute Gasteiger partial charge is 0.453 e. The first-order chi connectivity index (χ1) is 15.5. The van der Waals surface area contributed by atoms with E-state index in [-0.39, 0.29) is 11.9 Å². The van der Waals surface area contributed by atoms with E-state index in [1.807, 2.05) is 37.3 Å². The number of nitrogens with one attached hydrogen (secondary N) is 1. The number of ether oxygens (including phenoxy) is 1. The van der Waals surface area contributed by atoms with Crippen molar-refractivity contribution in [2.24, 2.45) is 0 Å². The van der Waals surface area contributed by atoms with E-state index in [1.54, 1.807) is 22.9 Å². The minimum absolute atomic E-state index is 0.277. The van der Waals surface area contributed by atoms with Gasteiger partial charge in [-0.25, -0.2) is 9.78 Å².